The summed E-state index contributed by atoms with van der Waals surface area (Å²) in [5.41, 5.74) is 2.02. The number of anilines is 1. The van der Waals surface area contributed by atoms with Gasteiger partial charge in [0, 0.05) is 18.2 Å². The molecule has 0 unspecified atom stereocenters. The molecular formula is C20H20FN5O3. The van der Waals surface area contributed by atoms with Crippen molar-refractivity contribution in [1.82, 2.24) is 20.3 Å². The van der Waals surface area contributed by atoms with E-state index in [1.54, 1.807) is 38.1 Å². The van der Waals surface area contributed by atoms with Crippen molar-refractivity contribution < 1.29 is 18.5 Å². The number of aryl methyl sites for hydroxylation is 2. The summed E-state index contributed by atoms with van der Waals surface area (Å²) in [5.74, 6) is -0.00796. The molecule has 0 aliphatic carbocycles. The highest BCUT2D eigenvalue weighted by atomic mass is 19.1. The Morgan fingerprint density at radius 3 is 2.83 bits per heavy atom. The average molecular weight is 397 g/mol. The number of hydrogen-bond acceptors (Lipinski definition) is 5. The minimum atomic E-state index is -0.598. The van der Waals surface area contributed by atoms with Gasteiger partial charge < -0.3 is 14.7 Å². The standard InChI is InChI=1S/C20H20FN5O3/c1-11-8-13(5-6-14(11)21)15-10-16(24-23-15)20(28)26-7-3-4-17(26)19(27)22-18-9-12(2)29-25-18/h5-6,8-10,17H,3-4,7H2,1-2H3,(H,23,24)(H,22,25,27)/t17-/m0/s1. The molecule has 29 heavy (non-hydrogen) atoms. The fourth-order valence-corrected chi connectivity index (χ4v) is 3.46. The fourth-order valence-electron chi connectivity index (χ4n) is 3.46. The maximum Gasteiger partial charge on any atom is 0.272 e. The van der Waals surface area contributed by atoms with Gasteiger partial charge in [0.2, 0.25) is 5.91 Å². The van der Waals surface area contributed by atoms with Crippen LogP contribution in [0.2, 0.25) is 0 Å². The summed E-state index contributed by atoms with van der Waals surface area (Å²) in [6, 6.07) is 7.28. The summed E-state index contributed by atoms with van der Waals surface area (Å²) in [7, 11) is 0. The van der Waals surface area contributed by atoms with Gasteiger partial charge in [0.25, 0.3) is 5.91 Å². The molecule has 3 aromatic rings. The van der Waals surface area contributed by atoms with E-state index in [9.17, 15) is 14.0 Å². The van der Waals surface area contributed by atoms with E-state index in [1.807, 2.05) is 0 Å². The minimum Gasteiger partial charge on any atom is -0.360 e. The zero-order valence-electron chi connectivity index (χ0n) is 16.0. The van der Waals surface area contributed by atoms with Crippen LogP contribution in [-0.2, 0) is 4.79 Å². The van der Waals surface area contributed by atoms with Gasteiger partial charge in [-0.3, -0.25) is 14.7 Å². The normalized spacial score (nSPS) is 16.2. The quantitative estimate of drug-likeness (QED) is 0.704. The van der Waals surface area contributed by atoms with Gasteiger partial charge in [-0.15, -0.1) is 0 Å². The molecule has 1 aromatic carbocycles. The third-order valence-electron chi connectivity index (χ3n) is 4.96. The van der Waals surface area contributed by atoms with Crippen LogP contribution in [0.5, 0.6) is 0 Å². The molecular weight excluding hydrogens is 377 g/mol. The zero-order valence-corrected chi connectivity index (χ0v) is 16.0. The van der Waals surface area contributed by atoms with Crippen LogP contribution in [0.15, 0.2) is 34.9 Å². The van der Waals surface area contributed by atoms with Gasteiger partial charge in [0.1, 0.15) is 23.3 Å². The van der Waals surface area contributed by atoms with E-state index in [1.165, 1.54) is 11.0 Å². The Hall–Kier alpha value is -3.49. The third-order valence-corrected chi connectivity index (χ3v) is 4.96. The van der Waals surface area contributed by atoms with Gasteiger partial charge in [0.15, 0.2) is 5.82 Å². The lowest BCUT2D eigenvalue weighted by molar-refractivity contribution is -0.119. The van der Waals surface area contributed by atoms with Crippen LogP contribution in [0.25, 0.3) is 11.3 Å². The number of nitrogens with one attached hydrogen (secondary N) is 2. The first-order chi connectivity index (χ1) is 13.9. The molecule has 4 rings (SSSR count). The highest BCUT2D eigenvalue weighted by molar-refractivity contribution is 6.00. The molecule has 0 radical (unpaired) electrons. The third kappa shape index (κ3) is 3.75. The number of aromatic nitrogens is 3. The Balaban J connectivity index is 1.50. The predicted molar refractivity (Wildman–Crippen MR) is 103 cm³/mol. The first kappa shape index (κ1) is 18.9. The summed E-state index contributed by atoms with van der Waals surface area (Å²) in [6.45, 7) is 3.87. The van der Waals surface area contributed by atoms with Gasteiger partial charge in [0.05, 0.1) is 5.69 Å². The smallest absolute Gasteiger partial charge is 0.272 e. The Bertz CT molecular complexity index is 1070. The molecule has 8 nitrogen and oxygen atoms in total. The van der Waals surface area contributed by atoms with Crippen LogP contribution in [0.1, 0.15) is 34.7 Å². The Labute approximate surface area is 166 Å². The largest absolute Gasteiger partial charge is 0.360 e. The molecule has 1 aliphatic heterocycles. The summed E-state index contributed by atoms with van der Waals surface area (Å²) in [5, 5.41) is 13.3. The number of rotatable bonds is 4. The van der Waals surface area contributed by atoms with Crippen molar-refractivity contribution in [2.45, 2.75) is 32.7 Å². The van der Waals surface area contributed by atoms with E-state index >= 15 is 0 Å². The molecule has 9 heteroatoms. The lowest BCUT2D eigenvalue weighted by atomic mass is 10.1. The second-order valence-corrected chi connectivity index (χ2v) is 7.10. The summed E-state index contributed by atoms with van der Waals surface area (Å²) < 4.78 is 18.4. The Morgan fingerprint density at radius 2 is 2.10 bits per heavy atom. The summed E-state index contributed by atoms with van der Waals surface area (Å²) in [6.07, 6.45) is 1.28. The predicted octanol–water partition coefficient (Wildman–Crippen LogP) is 3.06. The second kappa shape index (κ2) is 7.50. The molecule has 0 spiro atoms. The van der Waals surface area contributed by atoms with E-state index in [-0.39, 0.29) is 23.3 Å². The van der Waals surface area contributed by atoms with Crippen LogP contribution in [0.4, 0.5) is 10.2 Å². The van der Waals surface area contributed by atoms with Crippen molar-refractivity contribution in [2.24, 2.45) is 0 Å². The van der Waals surface area contributed by atoms with E-state index in [4.69, 9.17) is 4.52 Å². The number of likely N-dealkylation sites (tertiary alicyclic amines) is 1. The molecule has 0 saturated carbocycles. The molecule has 1 atom stereocenters. The SMILES string of the molecule is Cc1cc(NC(=O)[C@@H]2CCCN2C(=O)c2cc(-c3ccc(F)c(C)c3)n[nH]2)no1. The topological polar surface area (TPSA) is 104 Å². The molecule has 2 N–H and O–H groups in total. The number of amides is 2. The van der Waals surface area contributed by atoms with Gasteiger partial charge in [-0.2, -0.15) is 5.10 Å². The number of benzene rings is 1. The molecule has 2 aromatic heterocycles. The number of H-pyrrole nitrogens is 1. The highest BCUT2D eigenvalue weighted by Crippen LogP contribution is 2.24. The van der Waals surface area contributed by atoms with Crippen molar-refractivity contribution in [1.29, 1.82) is 0 Å². The first-order valence-corrected chi connectivity index (χ1v) is 9.29. The number of carbonyl (C=O) groups is 2. The van der Waals surface area contributed by atoms with E-state index < -0.39 is 6.04 Å². The van der Waals surface area contributed by atoms with Crippen molar-refractivity contribution in [2.75, 3.05) is 11.9 Å². The Kier molecular flexibility index (Phi) is 4.87. The van der Waals surface area contributed by atoms with Gasteiger partial charge >= 0.3 is 0 Å². The van der Waals surface area contributed by atoms with Gasteiger partial charge in [-0.25, -0.2) is 4.39 Å². The number of aromatic amines is 1. The summed E-state index contributed by atoms with van der Waals surface area (Å²) in [4.78, 5) is 27.1. The fraction of sp³-hybridized carbons (Fsp3) is 0.300. The average Bonchev–Trinajstić information content (AvgIpc) is 3.44. The Morgan fingerprint density at radius 1 is 1.28 bits per heavy atom. The van der Waals surface area contributed by atoms with Crippen LogP contribution in [0.3, 0.4) is 0 Å². The van der Waals surface area contributed by atoms with Crippen LogP contribution >= 0.6 is 0 Å². The van der Waals surface area contributed by atoms with Gasteiger partial charge in [-0.1, -0.05) is 5.16 Å². The number of nitrogens with zero attached hydrogens (tertiary/aromatic N) is 3. The van der Waals surface area contributed by atoms with E-state index in [0.717, 1.165) is 6.42 Å². The molecule has 2 amide bonds. The monoisotopic (exact) mass is 397 g/mol. The molecule has 150 valence electrons. The van der Waals surface area contributed by atoms with Gasteiger partial charge in [-0.05, 0) is 56.5 Å². The second-order valence-electron chi connectivity index (χ2n) is 7.10. The van der Waals surface area contributed by atoms with Crippen LogP contribution in [-0.4, -0.2) is 44.7 Å². The molecule has 3 heterocycles. The molecule has 1 saturated heterocycles. The first-order valence-electron chi connectivity index (χ1n) is 9.29. The van der Waals surface area contributed by atoms with Crippen molar-refractivity contribution in [3.8, 4) is 11.3 Å². The number of carbonyl (C=O) groups excluding carboxylic acids is 2. The lowest BCUT2D eigenvalue weighted by Gasteiger charge is -2.22. The number of halogens is 1. The maximum absolute atomic E-state index is 13.5. The number of hydrogen-bond donors (Lipinski definition) is 2. The maximum atomic E-state index is 13.5. The molecule has 1 fully saturated rings. The lowest BCUT2D eigenvalue weighted by Crippen LogP contribution is -2.43. The van der Waals surface area contributed by atoms with Crippen molar-refractivity contribution in [3.05, 3.63) is 53.2 Å². The van der Waals surface area contributed by atoms with E-state index in [0.29, 0.717) is 41.4 Å². The highest BCUT2D eigenvalue weighted by Gasteiger charge is 2.35. The minimum absolute atomic E-state index is 0.277. The van der Waals surface area contributed by atoms with Crippen molar-refractivity contribution >= 4 is 17.6 Å². The zero-order chi connectivity index (χ0) is 20.5. The van der Waals surface area contributed by atoms with E-state index in [2.05, 4.69) is 20.7 Å². The molecule has 1 aliphatic rings. The molecule has 0 bridgehead atoms. The van der Waals surface area contributed by atoms with Crippen LogP contribution < -0.4 is 5.32 Å². The summed E-state index contributed by atoms with van der Waals surface area (Å²) >= 11 is 0. The van der Waals surface area contributed by atoms with Crippen molar-refractivity contribution in [3.63, 3.8) is 0 Å². The van der Waals surface area contributed by atoms with Crippen LogP contribution in [0, 0.1) is 19.7 Å².